The zero-order valence-corrected chi connectivity index (χ0v) is 19.0. The van der Waals surface area contributed by atoms with Gasteiger partial charge in [-0.05, 0) is 75.8 Å². The summed E-state index contributed by atoms with van der Waals surface area (Å²) in [5.41, 5.74) is 3.84. The summed E-state index contributed by atoms with van der Waals surface area (Å²) in [6.07, 6.45) is 3.87. The van der Waals surface area contributed by atoms with Gasteiger partial charge in [0, 0.05) is 24.8 Å². The second-order valence-electron chi connectivity index (χ2n) is 7.73. The molecule has 0 saturated carbocycles. The lowest BCUT2D eigenvalue weighted by molar-refractivity contribution is -0.384. The average Bonchev–Trinajstić information content (AvgIpc) is 3.11. The Bertz CT molecular complexity index is 1100. The van der Waals surface area contributed by atoms with Crippen molar-refractivity contribution < 1.29 is 9.72 Å². The number of nitrogens with zero attached hydrogens (tertiary/aromatic N) is 4. The minimum atomic E-state index is -0.447. The van der Waals surface area contributed by atoms with Crippen molar-refractivity contribution in [2.24, 2.45) is 0 Å². The molecule has 3 aromatic rings. The first kappa shape index (κ1) is 22.6. The first-order valence-corrected chi connectivity index (χ1v) is 10.8. The smallest absolute Gasteiger partial charge is 0.270 e. The van der Waals surface area contributed by atoms with E-state index in [1.54, 1.807) is 23.1 Å². The first-order valence-electron chi connectivity index (χ1n) is 10.0. The third-order valence-corrected chi connectivity index (χ3v) is 6.02. The maximum Gasteiger partial charge on any atom is 0.270 e. The lowest BCUT2D eigenvalue weighted by Crippen LogP contribution is -2.32. The van der Waals surface area contributed by atoms with E-state index in [1.807, 2.05) is 20.2 Å². The number of aryl methyl sites for hydroxylation is 2. The molecular weight excluding hydrogens is 412 g/mol. The molecule has 0 aliphatic heterocycles. The number of non-ortho nitro benzene ring substituents is 1. The molecule has 0 aliphatic rings. The summed E-state index contributed by atoms with van der Waals surface area (Å²) >= 11 is 1.50. The average molecular weight is 439 g/mol. The van der Waals surface area contributed by atoms with Crippen molar-refractivity contribution in [3.8, 4) is 0 Å². The van der Waals surface area contributed by atoms with E-state index in [1.165, 1.54) is 40.7 Å². The quantitative estimate of drug-likeness (QED) is 0.286. The fraction of sp³-hybridized carbons (Fsp3) is 0.304. The van der Waals surface area contributed by atoms with E-state index in [9.17, 15) is 14.9 Å². The second kappa shape index (κ2) is 9.80. The highest BCUT2D eigenvalue weighted by Gasteiger charge is 2.18. The fourth-order valence-electron chi connectivity index (χ4n) is 3.13. The lowest BCUT2D eigenvalue weighted by Gasteiger charge is -2.19. The van der Waals surface area contributed by atoms with Crippen LogP contribution in [0.2, 0.25) is 0 Å². The van der Waals surface area contributed by atoms with Crippen LogP contribution in [0.15, 0.2) is 42.5 Å². The van der Waals surface area contributed by atoms with Gasteiger partial charge in [-0.25, -0.2) is 4.98 Å². The van der Waals surface area contributed by atoms with Crippen LogP contribution >= 0.6 is 11.3 Å². The van der Waals surface area contributed by atoms with Gasteiger partial charge in [-0.3, -0.25) is 19.8 Å². The Hall–Kier alpha value is -3.10. The van der Waals surface area contributed by atoms with Crippen LogP contribution in [0.25, 0.3) is 16.3 Å². The Balaban J connectivity index is 1.88. The van der Waals surface area contributed by atoms with Gasteiger partial charge >= 0.3 is 0 Å². The van der Waals surface area contributed by atoms with E-state index in [2.05, 4.69) is 24.8 Å². The number of anilines is 1. The highest BCUT2D eigenvalue weighted by atomic mass is 32.1. The Morgan fingerprint density at radius 1 is 1.16 bits per heavy atom. The number of aromatic nitrogens is 1. The van der Waals surface area contributed by atoms with E-state index in [4.69, 9.17) is 4.98 Å². The van der Waals surface area contributed by atoms with Gasteiger partial charge in [-0.2, -0.15) is 0 Å². The lowest BCUT2D eigenvalue weighted by atomic mass is 10.1. The number of thiazole rings is 1. The standard InChI is InChI=1S/C23H26N4O3S/c1-16-13-20-21(14-17(16)2)31-23(24-20)26(12-6-11-25(3)4)22(28)10-9-18-7-5-8-19(15-18)27(29)30/h5,7-10,13-15H,6,11-12H2,1-4H3. The molecule has 8 heteroatoms. The Labute approximate surface area is 185 Å². The molecular formula is C23H26N4O3S. The van der Waals surface area contributed by atoms with Crippen molar-refractivity contribution in [3.63, 3.8) is 0 Å². The zero-order chi connectivity index (χ0) is 22.5. The number of fused-ring (bicyclic) bond motifs is 1. The molecule has 0 bridgehead atoms. The van der Waals surface area contributed by atoms with Crippen molar-refractivity contribution in [3.05, 3.63) is 69.3 Å². The molecule has 0 atom stereocenters. The molecule has 0 spiro atoms. The first-order chi connectivity index (χ1) is 14.7. The Morgan fingerprint density at radius 2 is 1.90 bits per heavy atom. The van der Waals surface area contributed by atoms with Crippen LogP contribution in [-0.2, 0) is 4.79 Å². The molecule has 1 heterocycles. The molecule has 1 amide bonds. The van der Waals surface area contributed by atoms with Crippen molar-refractivity contribution in [1.82, 2.24) is 9.88 Å². The topological polar surface area (TPSA) is 79.6 Å². The van der Waals surface area contributed by atoms with Gasteiger partial charge in [0.15, 0.2) is 5.13 Å². The summed E-state index contributed by atoms with van der Waals surface area (Å²) in [7, 11) is 4.00. The molecule has 31 heavy (non-hydrogen) atoms. The van der Waals surface area contributed by atoms with E-state index in [0.29, 0.717) is 17.2 Å². The van der Waals surface area contributed by atoms with E-state index in [0.717, 1.165) is 23.2 Å². The number of carbonyl (C=O) groups is 1. The van der Waals surface area contributed by atoms with Gasteiger partial charge in [0.1, 0.15) is 0 Å². The summed E-state index contributed by atoms with van der Waals surface area (Å²) in [6, 6.07) is 10.4. The van der Waals surface area contributed by atoms with Crippen LogP contribution in [0.4, 0.5) is 10.8 Å². The Morgan fingerprint density at radius 3 is 2.61 bits per heavy atom. The van der Waals surface area contributed by atoms with Gasteiger partial charge in [0.05, 0.1) is 15.1 Å². The number of amides is 1. The number of nitro benzene ring substituents is 1. The molecule has 0 fully saturated rings. The number of rotatable bonds is 8. The molecule has 162 valence electrons. The summed E-state index contributed by atoms with van der Waals surface area (Å²) in [6.45, 7) is 5.50. The molecule has 7 nitrogen and oxygen atoms in total. The van der Waals surface area contributed by atoms with Crippen LogP contribution in [0, 0.1) is 24.0 Å². The van der Waals surface area contributed by atoms with Crippen LogP contribution in [-0.4, -0.2) is 47.9 Å². The van der Waals surface area contributed by atoms with Gasteiger partial charge in [0.25, 0.3) is 11.6 Å². The highest BCUT2D eigenvalue weighted by Crippen LogP contribution is 2.31. The number of carbonyl (C=O) groups excluding carboxylic acids is 1. The number of hydrogen-bond acceptors (Lipinski definition) is 6. The van der Waals surface area contributed by atoms with E-state index in [-0.39, 0.29) is 11.6 Å². The summed E-state index contributed by atoms with van der Waals surface area (Å²) in [5, 5.41) is 11.6. The van der Waals surface area contributed by atoms with Gasteiger partial charge < -0.3 is 4.90 Å². The van der Waals surface area contributed by atoms with Crippen molar-refractivity contribution in [2.45, 2.75) is 20.3 Å². The van der Waals surface area contributed by atoms with Gasteiger partial charge in [-0.15, -0.1) is 0 Å². The fourth-order valence-corrected chi connectivity index (χ4v) is 4.20. The van der Waals surface area contributed by atoms with Crippen LogP contribution < -0.4 is 4.90 Å². The number of hydrogen-bond donors (Lipinski definition) is 0. The monoisotopic (exact) mass is 438 g/mol. The molecule has 1 aromatic heterocycles. The SMILES string of the molecule is Cc1cc2nc(N(CCCN(C)C)C(=O)C=Cc3cccc([N+](=O)[O-])c3)sc2cc1C. The largest absolute Gasteiger partial charge is 0.309 e. The third-order valence-electron chi connectivity index (χ3n) is 4.98. The molecule has 2 aromatic carbocycles. The summed E-state index contributed by atoms with van der Waals surface area (Å²) in [4.78, 5) is 32.1. The number of benzene rings is 2. The maximum atomic E-state index is 13.1. The van der Waals surface area contributed by atoms with Crippen LogP contribution in [0.3, 0.4) is 0 Å². The summed E-state index contributed by atoms with van der Waals surface area (Å²) in [5.74, 6) is -0.197. The molecule has 0 aliphatic carbocycles. The van der Waals surface area contributed by atoms with E-state index >= 15 is 0 Å². The second-order valence-corrected chi connectivity index (χ2v) is 8.74. The predicted molar refractivity (Wildman–Crippen MR) is 127 cm³/mol. The highest BCUT2D eigenvalue weighted by molar-refractivity contribution is 7.22. The zero-order valence-electron chi connectivity index (χ0n) is 18.2. The number of nitro groups is 1. The van der Waals surface area contributed by atoms with E-state index < -0.39 is 4.92 Å². The molecule has 0 unspecified atom stereocenters. The maximum absolute atomic E-state index is 13.1. The molecule has 0 N–H and O–H groups in total. The summed E-state index contributed by atoms with van der Waals surface area (Å²) < 4.78 is 1.05. The van der Waals surface area contributed by atoms with Gasteiger partial charge in [0.2, 0.25) is 0 Å². The van der Waals surface area contributed by atoms with Crippen molar-refractivity contribution >= 4 is 44.4 Å². The predicted octanol–water partition coefficient (Wildman–Crippen LogP) is 4.82. The van der Waals surface area contributed by atoms with Crippen LogP contribution in [0.5, 0.6) is 0 Å². The normalized spacial score (nSPS) is 11.5. The molecule has 0 saturated heterocycles. The third kappa shape index (κ3) is 5.74. The molecule has 3 rings (SSSR count). The van der Waals surface area contributed by atoms with Crippen molar-refractivity contribution in [1.29, 1.82) is 0 Å². The Kier molecular flexibility index (Phi) is 7.14. The minimum absolute atomic E-state index is 0.00523. The van der Waals surface area contributed by atoms with Crippen LogP contribution in [0.1, 0.15) is 23.1 Å². The van der Waals surface area contributed by atoms with Gasteiger partial charge in [-0.1, -0.05) is 23.5 Å². The minimum Gasteiger partial charge on any atom is -0.309 e. The van der Waals surface area contributed by atoms with Crippen molar-refractivity contribution in [2.75, 3.05) is 32.1 Å². The molecule has 0 radical (unpaired) electrons.